The Morgan fingerprint density at radius 2 is 1.75 bits per heavy atom. The van der Waals surface area contributed by atoms with Gasteiger partial charge >= 0.3 is 0 Å². The molecule has 1 amide bonds. The van der Waals surface area contributed by atoms with Gasteiger partial charge in [-0.25, -0.2) is 0 Å². The van der Waals surface area contributed by atoms with Gasteiger partial charge in [-0.3, -0.25) is 9.69 Å². The Hall–Kier alpha value is -0.610. The third-order valence-corrected chi connectivity index (χ3v) is 5.30. The van der Waals surface area contributed by atoms with Crippen LogP contribution in [0.25, 0.3) is 0 Å². The van der Waals surface area contributed by atoms with E-state index in [1.807, 2.05) is 0 Å². The molecule has 0 bridgehead atoms. The van der Waals surface area contributed by atoms with E-state index in [4.69, 9.17) is 0 Å². The van der Waals surface area contributed by atoms with Crippen molar-refractivity contribution in [2.75, 3.05) is 32.7 Å². The molecule has 4 heteroatoms. The summed E-state index contributed by atoms with van der Waals surface area (Å²) in [6, 6.07) is 1.16. The number of piperidine rings is 1. The summed E-state index contributed by atoms with van der Waals surface area (Å²) in [5.41, 5.74) is 0. The molecule has 3 rings (SSSR count). The van der Waals surface area contributed by atoms with E-state index in [9.17, 15) is 4.79 Å². The van der Waals surface area contributed by atoms with E-state index in [1.165, 1.54) is 51.6 Å². The summed E-state index contributed by atoms with van der Waals surface area (Å²) in [7, 11) is 0. The average molecular weight is 279 g/mol. The second-order valence-electron chi connectivity index (χ2n) is 6.94. The molecule has 3 aliphatic rings. The molecule has 1 aliphatic carbocycles. The van der Waals surface area contributed by atoms with E-state index in [2.05, 4.69) is 22.0 Å². The largest absolute Gasteiger partial charge is 0.352 e. The number of amides is 1. The lowest BCUT2D eigenvalue weighted by molar-refractivity contribution is -0.123. The number of hydrogen-bond donors (Lipinski definition) is 1. The molecule has 1 unspecified atom stereocenters. The van der Waals surface area contributed by atoms with Crippen molar-refractivity contribution in [3.8, 4) is 0 Å². The van der Waals surface area contributed by atoms with Crippen molar-refractivity contribution in [3.63, 3.8) is 0 Å². The molecule has 2 aliphatic heterocycles. The predicted molar refractivity (Wildman–Crippen MR) is 80.6 cm³/mol. The fraction of sp³-hybridized carbons (Fsp3) is 0.938. The zero-order valence-corrected chi connectivity index (χ0v) is 12.8. The number of carbonyl (C=O) groups excluding carboxylic acids is 1. The average Bonchev–Trinajstić information content (AvgIpc) is 3.15. The minimum absolute atomic E-state index is 0.226. The van der Waals surface area contributed by atoms with Crippen molar-refractivity contribution in [1.82, 2.24) is 15.1 Å². The van der Waals surface area contributed by atoms with Crippen molar-refractivity contribution in [1.29, 1.82) is 0 Å². The molecule has 2 saturated heterocycles. The number of likely N-dealkylation sites (tertiary alicyclic amines) is 2. The van der Waals surface area contributed by atoms with Crippen molar-refractivity contribution >= 4 is 5.91 Å². The second kappa shape index (κ2) is 6.44. The first kappa shape index (κ1) is 14.3. The van der Waals surface area contributed by atoms with Gasteiger partial charge in [-0.1, -0.05) is 0 Å². The number of rotatable bonds is 5. The molecule has 2 heterocycles. The van der Waals surface area contributed by atoms with Crippen molar-refractivity contribution in [2.45, 2.75) is 57.5 Å². The van der Waals surface area contributed by atoms with Crippen molar-refractivity contribution in [2.24, 2.45) is 5.92 Å². The van der Waals surface area contributed by atoms with Gasteiger partial charge < -0.3 is 10.2 Å². The highest BCUT2D eigenvalue weighted by Gasteiger charge is 2.30. The topological polar surface area (TPSA) is 35.6 Å². The SMILES string of the molecule is CC(NC(=O)CN1CCC(N2CCCC2)CC1)C1CC1. The van der Waals surface area contributed by atoms with E-state index >= 15 is 0 Å². The summed E-state index contributed by atoms with van der Waals surface area (Å²) < 4.78 is 0. The highest BCUT2D eigenvalue weighted by atomic mass is 16.2. The Kier molecular flexibility index (Phi) is 4.61. The summed E-state index contributed by atoms with van der Waals surface area (Å²) in [6.45, 7) is 7.52. The lowest BCUT2D eigenvalue weighted by Gasteiger charge is -2.36. The summed E-state index contributed by atoms with van der Waals surface area (Å²) >= 11 is 0. The van der Waals surface area contributed by atoms with E-state index in [0.717, 1.165) is 25.0 Å². The minimum atomic E-state index is 0.226. The zero-order valence-electron chi connectivity index (χ0n) is 12.8. The maximum Gasteiger partial charge on any atom is 0.234 e. The molecule has 1 saturated carbocycles. The van der Waals surface area contributed by atoms with Crippen LogP contribution in [-0.4, -0.2) is 60.5 Å². The summed E-state index contributed by atoms with van der Waals surface area (Å²) in [4.78, 5) is 17.0. The highest BCUT2D eigenvalue weighted by Crippen LogP contribution is 2.32. The molecule has 0 radical (unpaired) electrons. The maximum absolute atomic E-state index is 12.0. The smallest absolute Gasteiger partial charge is 0.234 e. The van der Waals surface area contributed by atoms with Crippen LogP contribution in [0.1, 0.15) is 45.4 Å². The fourth-order valence-corrected chi connectivity index (χ4v) is 3.77. The van der Waals surface area contributed by atoms with Gasteiger partial charge in [0.15, 0.2) is 0 Å². The first-order chi connectivity index (χ1) is 9.72. The Bertz CT molecular complexity index is 329. The number of hydrogen-bond acceptors (Lipinski definition) is 3. The number of nitrogens with zero attached hydrogens (tertiary/aromatic N) is 2. The Balaban J connectivity index is 1.36. The second-order valence-corrected chi connectivity index (χ2v) is 6.94. The van der Waals surface area contributed by atoms with Gasteiger partial charge in [0.2, 0.25) is 5.91 Å². The summed E-state index contributed by atoms with van der Waals surface area (Å²) in [5.74, 6) is 0.976. The van der Waals surface area contributed by atoms with Crippen LogP contribution >= 0.6 is 0 Å². The summed E-state index contributed by atoms with van der Waals surface area (Å²) in [6.07, 6.45) is 7.83. The molecule has 114 valence electrons. The monoisotopic (exact) mass is 279 g/mol. The molecule has 0 aromatic carbocycles. The van der Waals surface area contributed by atoms with Crippen LogP contribution in [0.5, 0.6) is 0 Å². The van der Waals surface area contributed by atoms with Crippen LogP contribution in [0.4, 0.5) is 0 Å². The first-order valence-corrected chi connectivity index (χ1v) is 8.48. The fourth-order valence-electron chi connectivity index (χ4n) is 3.77. The lowest BCUT2D eigenvalue weighted by atomic mass is 10.0. The summed E-state index contributed by atoms with van der Waals surface area (Å²) in [5, 5.41) is 3.16. The molecule has 0 spiro atoms. The molecule has 1 N–H and O–H groups in total. The molecule has 20 heavy (non-hydrogen) atoms. The Morgan fingerprint density at radius 1 is 1.10 bits per heavy atom. The van der Waals surface area contributed by atoms with Crippen LogP contribution in [0.3, 0.4) is 0 Å². The van der Waals surface area contributed by atoms with Gasteiger partial charge in [0, 0.05) is 25.2 Å². The van der Waals surface area contributed by atoms with Crippen LogP contribution in [0.2, 0.25) is 0 Å². The number of nitrogens with one attached hydrogen (secondary N) is 1. The molecule has 0 aromatic heterocycles. The molecule has 3 fully saturated rings. The predicted octanol–water partition coefficient (Wildman–Crippen LogP) is 1.46. The van der Waals surface area contributed by atoms with E-state index < -0.39 is 0 Å². The van der Waals surface area contributed by atoms with Crippen LogP contribution in [0.15, 0.2) is 0 Å². The van der Waals surface area contributed by atoms with E-state index in [1.54, 1.807) is 0 Å². The molecule has 1 atom stereocenters. The van der Waals surface area contributed by atoms with E-state index in [0.29, 0.717) is 12.6 Å². The molecule has 0 aromatic rings. The van der Waals surface area contributed by atoms with Gasteiger partial charge in [-0.2, -0.15) is 0 Å². The first-order valence-electron chi connectivity index (χ1n) is 8.48. The molecule has 4 nitrogen and oxygen atoms in total. The zero-order chi connectivity index (χ0) is 13.9. The number of carbonyl (C=O) groups is 1. The molecular formula is C16H29N3O. The van der Waals surface area contributed by atoms with Crippen molar-refractivity contribution < 1.29 is 4.79 Å². The standard InChI is InChI=1S/C16H29N3O/c1-13(14-4-5-14)17-16(20)12-18-10-6-15(7-11-18)19-8-2-3-9-19/h13-15H,2-12H2,1H3,(H,17,20). The third-order valence-electron chi connectivity index (χ3n) is 5.30. The quantitative estimate of drug-likeness (QED) is 0.827. The minimum Gasteiger partial charge on any atom is -0.352 e. The normalized spacial score (nSPS) is 27.6. The maximum atomic E-state index is 12.0. The van der Waals surface area contributed by atoms with Crippen LogP contribution in [-0.2, 0) is 4.79 Å². The van der Waals surface area contributed by atoms with Crippen molar-refractivity contribution in [3.05, 3.63) is 0 Å². The van der Waals surface area contributed by atoms with Crippen LogP contribution < -0.4 is 5.32 Å². The van der Waals surface area contributed by atoms with Gasteiger partial charge in [0.05, 0.1) is 6.54 Å². The van der Waals surface area contributed by atoms with Gasteiger partial charge in [0.25, 0.3) is 0 Å². The van der Waals surface area contributed by atoms with E-state index in [-0.39, 0.29) is 5.91 Å². The molecular weight excluding hydrogens is 250 g/mol. The van der Waals surface area contributed by atoms with Crippen LogP contribution in [0, 0.1) is 5.92 Å². The Morgan fingerprint density at radius 3 is 2.35 bits per heavy atom. The van der Waals surface area contributed by atoms with Gasteiger partial charge in [0.1, 0.15) is 0 Å². The van der Waals surface area contributed by atoms with Gasteiger partial charge in [-0.15, -0.1) is 0 Å². The van der Waals surface area contributed by atoms with Gasteiger partial charge in [-0.05, 0) is 64.5 Å². The highest BCUT2D eigenvalue weighted by molar-refractivity contribution is 5.78. The Labute approximate surface area is 122 Å². The lowest BCUT2D eigenvalue weighted by Crippen LogP contribution is -2.48. The third kappa shape index (κ3) is 3.73.